The van der Waals surface area contributed by atoms with Gasteiger partial charge in [0.25, 0.3) is 0 Å². The summed E-state index contributed by atoms with van der Waals surface area (Å²) in [6.07, 6.45) is 0.503. The predicted octanol–water partition coefficient (Wildman–Crippen LogP) is 2.87. The molecular weight excluding hydrogens is 238 g/mol. The first-order valence-corrected chi connectivity index (χ1v) is 6.84. The van der Waals surface area contributed by atoms with Crippen LogP contribution >= 0.6 is 0 Å². The van der Waals surface area contributed by atoms with Crippen molar-refractivity contribution in [1.29, 1.82) is 0 Å². The second-order valence-electron chi connectivity index (χ2n) is 4.82. The Morgan fingerprint density at radius 3 is 1.84 bits per heavy atom. The summed E-state index contributed by atoms with van der Waals surface area (Å²) in [7, 11) is 0. The molecule has 0 atom stereocenters. The highest BCUT2D eigenvalue weighted by molar-refractivity contribution is 6.00. The van der Waals surface area contributed by atoms with E-state index in [1.165, 1.54) is 19.5 Å². The maximum Gasteiger partial charge on any atom is 0.140 e. The second kappa shape index (κ2) is 7.07. The zero-order valence-electron chi connectivity index (χ0n) is 12.3. The fraction of sp³-hybridized carbons (Fsp3) is 0.500. The van der Waals surface area contributed by atoms with Gasteiger partial charge in [0.2, 0.25) is 0 Å². The summed E-state index contributed by atoms with van der Waals surface area (Å²) in [6.45, 7) is 9.16. The van der Waals surface area contributed by atoms with Crippen LogP contribution in [0.4, 0.5) is 5.69 Å². The standard InChI is InChI=1S/C16H23NO2/c1-5-17(6-2)15-9-7-14(8-10-15)11-16(12(3)18)13(4)19/h7-10,16H,5-6,11H2,1-4H3. The first-order valence-electron chi connectivity index (χ1n) is 6.84. The monoisotopic (exact) mass is 261 g/mol. The van der Waals surface area contributed by atoms with Crippen LogP contribution in [0.2, 0.25) is 0 Å². The Morgan fingerprint density at radius 1 is 1.00 bits per heavy atom. The SMILES string of the molecule is CCN(CC)c1ccc(CC(C(C)=O)C(C)=O)cc1. The molecule has 0 unspecified atom stereocenters. The van der Waals surface area contributed by atoms with Crippen molar-refractivity contribution in [2.75, 3.05) is 18.0 Å². The van der Waals surface area contributed by atoms with Gasteiger partial charge < -0.3 is 4.90 Å². The van der Waals surface area contributed by atoms with Crippen LogP contribution in [0.25, 0.3) is 0 Å². The van der Waals surface area contributed by atoms with Crippen LogP contribution in [0.3, 0.4) is 0 Å². The molecule has 1 aromatic carbocycles. The number of hydrogen-bond acceptors (Lipinski definition) is 3. The molecule has 0 aliphatic carbocycles. The summed E-state index contributed by atoms with van der Waals surface area (Å²) in [5.74, 6) is -0.611. The third kappa shape index (κ3) is 4.19. The molecule has 0 heterocycles. The van der Waals surface area contributed by atoms with Gasteiger partial charge in [-0.2, -0.15) is 0 Å². The molecule has 0 aliphatic rings. The predicted molar refractivity (Wildman–Crippen MR) is 78.6 cm³/mol. The largest absolute Gasteiger partial charge is 0.372 e. The highest BCUT2D eigenvalue weighted by Crippen LogP contribution is 2.17. The van der Waals surface area contributed by atoms with Gasteiger partial charge >= 0.3 is 0 Å². The number of hydrogen-bond donors (Lipinski definition) is 0. The molecule has 3 nitrogen and oxygen atoms in total. The summed E-state index contributed by atoms with van der Waals surface area (Å²) in [4.78, 5) is 25.1. The molecular formula is C16H23NO2. The van der Waals surface area contributed by atoms with E-state index in [9.17, 15) is 9.59 Å². The van der Waals surface area contributed by atoms with E-state index in [0.29, 0.717) is 6.42 Å². The molecule has 0 aromatic heterocycles. The van der Waals surface area contributed by atoms with Gasteiger partial charge in [-0.3, -0.25) is 9.59 Å². The van der Waals surface area contributed by atoms with Crippen molar-refractivity contribution in [3.8, 4) is 0 Å². The number of rotatable bonds is 7. The average molecular weight is 261 g/mol. The molecule has 0 spiro atoms. The van der Waals surface area contributed by atoms with E-state index in [1.54, 1.807) is 0 Å². The topological polar surface area (TPSA) is 37.4 Å². The van der Waals surface area contributed by atoms with Crippen molar-refractivity contribution in [3.05, 3.63) is 29.8 Å². The minimum Gasteiger partial charge on any atom is -0.372 e. The average Bonchev–Trinajstić information content (AvgIpc) is 2.38. The molecule has 0 radical (unpaired) electrons. The molecule has 0 saturated carbocycles. The van der Waals surface area contributed by atoms with E-state index in [-0.39, 0.29) is 11.6 Å². The van der Waals surface area contributed by atoms with Crippen LogP contribution in [-0.4, -0.2) is 24.7 Å². The molecule has 0 saturated heterocycles. The molecule has 1 aromatic rings. The van der Waals surface area contributed by atoms with Crippen LogP contribution in [0.5, 0.6) is 0 Å². The third-order valence-corrected chi connectivity index (χ3v) is 3.49. The Bertz CT molecular complexity index is 419. The summed E-state index contributed by atoms with van der Waals surface area (Å²) in [5.41, 5.74) is 2.21. The third-order valence-electron chi connectivity index (χ3n) is 3.49. The molecule has 3 heteroatoms. The van der Waals surface area contributed by atoms with E-state index in [0.717, 1.165) is 18.7 Å². The Morgan fingerprint density at radius 2 is 1.47 bits per heavy atom. The van der Waals surface area contributed by atoms with Gasteiger partial charge in [-0.1, -0.05) is 12.1 Å². The van der Waals surface area contributed by atoms with Gasteiger partial charge in [0.15, 0.2) is 0 Å². The summed E-state index contributed by atoms with van der Waals surface area (Å²) >= 11 is 0. The van der Waals surface area contributed by atoms with Crippen LogP contribution in [-0.2, 0) is 16.0 Å². The molecule has 0 N–H and O–H groups in total. The summed E-state index contributed by atoms with van der Waals surface area (Å²) in [6, 6.07) is 8.12. The molecule has 19 heavy (non-hydrogen) atoms. The Kier molecular flexibility index (Phi) is 5.74. The Hall–Kier alpha value is -1.64. The first kappa shape index (κ1) is 15.4. The maximum atomic E-state index is 11.4. The first-order chi connectivity index (χ1) is 8.99. The van der Waals surface area contributed by atoms with Crippen molar-refractivity contribution in [2.45, 2.75) is 34.1 Å². The molecule has 0 fully saturated rings. The molecule has 0 amide bonds. The minimum atomic E-state index is -0.501. The lowest BCUT2D eigenvalue weighted by Crippen LogP contribution is -2.23. The number of ketones is 2. The van der Waals surface area contributed by atoms with Crippen LogP contribution in [0.1, 0.15) is 33.3 Å². The molecule has 1 rings (SSSR count). The van der Waals surface area contributed by atoms with Crippen LogP contribution in [0, 0.1) is 5.92 Å². The van der Waals surface area contributed by atoms with E-state index in [2.05, 4.69) is 30.9 Å². The van der Waals surface area contributed by atoms with Gasteiger partial charge in [0, 0.05) is 18.8 Å². The lowest BCUT2D eigenvalue weighted by Gasteiger charge is -2.21. The van der Waals surface area contributed by atoms with Gasteiger partial charge in [0.05, 0.1) is 5.92 Å². The van der Waals surface area contributed by atoms with Crippen LogP contribution < -0.4 is 4.90 Å². The smallest absolute Gasteiger partial charge is 0.140 e. The Balaban J connectivity index is 2.81. The molecule has 0 aliphatic heterocycles. The van der Waals surface area contributed by atoms with Gasteiger partial charge in [-0.05, 0) is 51.8 Å². The number of carbonyl (C=O) groups excluding carboxylic acids is 2. The van der Waals surface area contributed by atoms with Gasteiger partial charge in [0.1, 0.15) is 11.6 Å². The Labute approximate surface area is 115 Å². The number of nitrogens with zero attached hydrogens (tertiary/aromatic N) is 1. The zero-order chi connectivity index (χ0) is 14.4. The summed E-state index contributed by atoms with van der Waals surface area (Å²) in [5, 5.41) is 0. The highest BCUT2D eigenvalue weighted by Gasteiger charge is 2.19. The van der Waals surface area contributed by atoms with Crippen molar-refractivity contribution < 1.29 is 9.59 Å². The normalized spacial score (nSPS) is 10.6. The highest BCUT2D eigenvalue weighted by atomic mass is 16.1. The lowest BCUT2D eigenvalue weighted by molar-refractivity contribution is -0.130. The number of Topliss-reactive ketones (excluding diaryl/α,β-unsaturated/α-hetero) is 2. The van der Waals surface area contributed by atoms with E-state index < -0.39 is 5.92 Å². The fourth-order valence-corrected chi connectivity index (χ4v) is 2.24. The molecule has 0 bridgehead atoms. The molecule has 104 valence electrons. The summed E-state index contributed by atoms with van der Waals surface area (Å²) < 4.78 is 0. The lowest BCUT2D eigenvalue weighted by atomic mass is 9.92. The van der Waals surface area contributed by atoms with Crippen molar-refractivity contribution in [2.24, 2.45) is 5.92 Å². The van der Waals surface area contributed by atoms with Crippen molar-refractivity contribution >= 4 is 17.3 Å². The maximum absolute atomic E-state index is 11.4. The minimum absolute atomic E-state index is 0.0553. The quantitative estimate of drug-likeness (QED) is 0.708. The zero-order valence-corrected chi connectivity index (χ0v) is 12.3. The van der Waals surface area contributed by atoms with Crippen molar-refractivity contribution in [3.63, 3.8) is 0 Å². The number of anilines is 1. The van der Waals surface area contributed by atoms with Crippen molar-refractivity contribution in [1.82, 2.24) is 0 Å². The van der Waals surface area contributed by atoms with Crippen LogP contribution in [0.15, 0.2) is 24.3 Å². The van der Waals surface area contributed by atoms with E-state index in [4.69, 9.17) is 0 Å². The number of carbonyl (C=O) groups is 2. The van der Waals surface area contributed by atoms with E-state index >= 15 is 0 Å². The second-order valence-corrected chi connectivity index (χ2v) is 4.82. The van der Waals surface area contributed by atoms with E-state index in [1.807, 2.05) is 12.1 Å². The number of benzene rings is 1. The van der Waals surface area contributed by atoms with Gasteiger partial charge in [-0.15, -0.1) is 0 Å². The fourth-order valence-electron chi connectivity index (χ4n) is 2.24. The van der Waals surface area contributed by atoms with Gasteiger partial charge in [-0.25, -0.2) is 0 Å².